The largest absolute Gasteiger partial charge is 0.476 e. The summed E-state index contributed by atoms with van der Waals surface area (Å²) in [5.74, 6) is -4.72. The van der Waals surface area contributed by atoms with Gasteiger partial charge < -0.3 is 58.6 Å². The zero-order chi connectivity index (χ0) is 70.7. The van der Waals surface area contributed by atoms with E-state index in [1.807, 2.05) is 18.2 Å². The van der Waals surface area contributed by atoms with E-state index in [9.17, 15) is 36.7 Å². The van der Waals surface area contributed by atoms with E-state index in [0.717, 1.165) is 129 Å². The van der Waals surface area contributed by atoms with Gasteiger partial charge in [-0.15, -0.1) is 0 Å². The van der Waals surface area contributed by atoms with Gasteiger partial charge in [0.05, 0.1) is 29.5 Å². The number of piperidine rings is 1. The molecule has 1 amide bonds. The highest BCUT2D eigenvalue weighted by atomic mass is 35.5. The first kappa shape index (κ1) is 86.9. The van der Waals surface area contributed by atoms with Crippen molar-refractivity contribution in [1.82, 2.24) is 34.6 Å². The van der Waals surface area contributed by atoms with Crippen molar-refractivity contribution >= 4 is 156 Å². The minimum absolute atomic E-state index is 0. The van der Waals surface area contributed by atoms with E-state index in [0.29, 0.717) is 80.9 Å². The lowest BCUT2D eigenvalue weighted by Gasteiger charge is -2.41. The van der Waals surface area contributed by atoms with Crippen LogP contribution in [0, 0.1) is 19.1 Å². The molecular formula is C71H86Cl3F4N13O7S4. The Bertz CT molecular complexity index is 3950. The molecule has 12 rings (SSSR count). The van der Waals surface area contributed by atoms with Crippen LogP contribution >= 0.6 is 88.8 Å². The van der Waals surface area contributed by atoms with Crippen LogP contribution in [0.15, 0.2) is 128 Å². The van der Waals surface area contributed by atoms with Gasteiger partial charge in [0.15, 0.2) is 17.5 Å². The van der Waals surface area contributed by atoms with Gasteiger partial charge in [-0.25, -0.2) is 31.1 Å². The molecule has 2 aromatic heterocycles. The van der Waals surface area contributed by atoms with E-state index in [1.165, 1.54) is 33.3 Å². The normalized spacial score (nSPS) is 18.1. The number of piperazine rings is 1. The number of hydrogen-bond donors (Lipinski definition) is 1. The van der Waals surface area contributed by atoms with Crippen molar-refractivity contribution in [2.75, 3.05) is 119 Å². The first-order chi connectivity index (χ1) is 47.0. The molecular weight excluding hydrogens is 1460 g/mol. The second kappa shape index (κ2) is 41.7. The van der Waals surface area contributed by atoms with E-state index in [4.69, 9.17) is 59.3 Å². The molecule has 0 radical (unpaired) electrons. The number of rotatable bonds is 16. The molecule has 20 nitrogen and oxygen atoms in total. The summed E-state index contributed by atoms with van der Waals surface area (Å²) in [4.78, 5) is 83.0. The van der Waals surface area contributed by atoms with Gasteiger partial charge in [0.1, 0.15) is 30.9 Å². The molecule has 1 N–H and O–H groups in total. The Hall–Kier alpha value is -7.51. The maximum atomic E-state index is 13.8. The predicted octanol–water partition coefficient (Wildman–Crippen LogP) is 13.0. The van der Waals surface area contributed by atoms with Crippen molar-refractivity contribution in [3.05, 3.63) is 179 Å². The number of benzene rings is 4. The van der Waals surface area contributed by atoms with Crippen molar-refractivity contribution in [3.8, 4) is 12.0 Å². The zero-order valence-electron chi connectivity index (χ0n) is 56.8. The maximum Gasteiger partial charge on any atom is 0.364 e. The third kappa shape index (κ3) is 23.2. The van der Waals surface area contributed by atoms with E-state index in [1.54, 1.807) is 0 Å². The lowest BCUT2D eigenvalue weighted by atomic mass is 9.96. The van der Waals surface area contributed by atoms with Crippen LogP contribution in [0.1, 0.15) is 61.0 Å². The third-order valence-electron chi connectivity index (χ3n) is 17.9. The standard InChI is InChI=1S/C32H35ClFN7O2.C30H36N6O.2C3H2ClFO.C3H3FO2.4H2S/c1-21(34)31(42)41-16-15-40(18-24(41)17-35-2)30-25-12-14-39(28-11-5-8-22-7-4-10-26(33)29(22)28)19-27(25)36-32(37-30)43-20-23-9-6-13-38(23)3;1-31-18-22-8-6-16-36(19-22)29-26-14-17-35(28-13-5-10-23-9-3-4-12-25(23)28)20-27(26)32-30(33-29)37-21-24-11-7-15-34(24)2;2*1-2(5)3(4)6;1-2(4)3(5)6;;;;/h4-5,7-8,10-11,23-24H,1,6,9,12-20H2,3H3;3-5,9-10,12-13,22,24H,6-8,11,14-21H2,2H3;2*1H2;1H2,(H,5,6);4*1H2/t23-,24-;22-,24-;;;;;;;/m00......./s1. The number of allylic oxidation sites excluding steroid dienone is 2. The Balaban J connectivity index is 0.000000339. The number of aromatic nitrogens is 4. The van der Waals surface area contributed by atoms with Crippen LogP contribution < -0.4 is 29.1 Å². The number of likely N-dealkylation sites (tertiary alicyclic amines) is 2. The average Bonchev–Trinajstić information content (AvgIpc) is 0.858. The highest BCUT2D eigenvalue weighted by Gasteiger charge is 2.37. The van der Waals surface area contributed by atoms with E-state index < -0.39 is 51.7 Å². The number of hydrogen-bond acceptors (Lipinski definition) is 16. The quantitative estimate of drug-likeness (QED) is 0.0416. The Kier molecular flexibility index (Phi) is 35.5. The van der Waals surface area contributed by atoms with E-state index in [-0.39, 0.29) is 67.1 Å². The minimum atomic E-state index is -1.60. The minimum Gasteiger partial charge on any atom is -0.476 e. The molecule has 6 aliphatic heterocycles. The molecule has 550 valence electrons. The van der Waals surface area contributed by atoms with E-state index >= 15 is 0 Å². The molecule has 6 aromatic rings. The summed E-state index contributed by atoms with van der Waals surface area (Å²) in [5, 5.41) is 10.6. The van der Waals surface area contributed by atoms with Gasteiger partial charge >= 0.3 is 18.0 Å². The molecule has 4 fully saturated rings. The van der Waals surface area contributed by atoms with Crippen LogP contribution in [-0.2, 0) is 45.1 Å². The second-order valence-electron chi connectivity index (χ2n) is 24.3. The number of carboxylic acids is 1. The Morgan fingerprint density at radius 1 is 0.559 bits per heavy atom. The van der Waals surface area contributed by atoms with Gasteiger partial charge in [0.2, 0.25) is 18.9 Å². The number of likely N-dealkylation sites (N-methyl/N-ethyl adjacent to an activating group) is 2. The number of fused-ring (bicyclic) bond motifs is 4. The maximum absolute atomic E-state index is 13.8. The highest BCUT2D eigenvalue weighted by Crippen LogP contribution is 2.39. The zero-order valence-corrected chi connectivity index (χ0v) is 63.0. The van der Waals surface area contributed by atoms with Crippen LogP contribution in [0.25, 0.3) is 31.2 Å². The second-order valence-corrected chi connectivity index (χ2v) is 25.4. The van der Waals surface area contributed by atoms with Crippen molar-refractivity contribution in [2.24, 2.45) is 5.92 Å². The predicted molar refractivity (Wildman–Crippen MR) is 416 cm³/mol. The summed E-state index contributed by atoms with van der Waals surface area (Å²) in [7, 11) is 4.28. The van der Waals surface area contributed by atoms with Crippen LogP contribution in [0.3, 0.4) is 0 Å². The number of anilines is 4. The third-order valence-corrected chi connectivity index (χ3v) is 18.6. The number of ether oxygens (including phenoxy) is 2. The number of halogens is 7. The number of carboxylic acid groups (broad SMARTS) is 1. The van der Waals surface area contributed by atoms with Crippen molar-refractivity contribution in [2.45, 2.75) is 82.6 Å². The van der Waals surface area contributed by atoms with Gasteiger partial charge in [0, 0.05) is 97.1 Å². The van der Waals surface area contributed by atoms with E-state index in [2.05, 4.69) is 163 Å². The van der Waals surface area contributed by atoms with Crippen molar-refractivity contribution in [1.29, 1.82) is 0 Å². The molecule has 0 bridgehead atoms. The highest BCUT2D eigenvalue weighted by molar-refractivity contribution is 7.59. The molecule has 4 saturated heterocycles. The topological polar surface area (TPSA) is 190 Å². The summed E-state index contributed by atoms with van der Waals surface area (Å²) in [5.41, 5.74) is 6.56. The van der Waals surface area contributed by atoms with Gasteiger partial charge in [-0.05, 0) is 131 Å². The molecule has 0 spiro atoms. The summed E-state index contributed by atoms with van der Waals surface area (Å²) in [6, 6.07) is 28.4. The van der Waals surface area contributed by atoms with Crippen LogP contribution in [-0.4, -0.2) is 180 Å². The smallest absolute Gasteiger partial charge is 0.364 e. The fraction of sp³-hybridized carbons (Fsp3) is 0.408. The Morgan fingerprint density at radius 3 is 1.50 bits per heavy atom. The average molecular weight is 1540 g/mol. The molecule has 4 atom stereocenters. The molecule has 0 saturated carbocycles. The van der Waals surface area contributed by atoms with Crippen LogP contribution in [0.2, 0.25) is 5.02 Å². The Labute approximate surface area is 635 Å². The van der Waals surface area contributed by atoms with Gasteiger partial charge in [-0.2, -0.15) is 78.3 Å². The first-order valence-electron chi connectivity index (χ1n) is 32.0. The fourth-order valence-electron chi connectivity index (χ4n) is 12.9. The van der Waals surface area contributed by atoms with Crippen LogP contribution in [0.5, 0.6) is 12.0 Å². The van der Waals surface area contributed by atoms with Gasteiger partial charge in [-0.3, -0.25) is 14.4 Å². The molecule has 8 heterocycles. The molecule has 31 heteroatoms. The molecule has 102 heavy (non-hydrogen) atoms. The first-order valence-corrected chi connectivity index (χ1v) is 33.2. The number of carbonyl (C=O) groups is 4. The molecule has 0 aliphatic carbocycles. The van der Waals surface area contributed by atoms with Crippen molar-refractivity contribution in [3.63, 3.8) is 0 Å². The summed E-state index contributed by atoms with van der Waals surface area (Å²) < 4.78 is 59.7. The fourth-order valence-corrected chi connectivity index (χ4v) is 13.1. The number of nitrogens with zero attached hydrogens (tertiary/aromatic N) is 13. The number of carbonyl (C=O) groups excluding carboxylic acids is 3. The van der Waals surface area contributed by atoms with Gasteiger partial charge in [0.25, 0.3) is 16.4 Å². The monoisotopic (exact) mass is 1540 g/mol. The molecule has 6 aliphatic rings. The summed E-state index contributed by atoms with van der Waals surface area (Å²) in [6.07, 6.45) is 8.42. The summed E-state index contributed by atoms with van der Waals surface area (Å²) in [6.45, 7) is 35.6. The summed E-state index contributed by atoms with van der Waals surface area (Å²) >= 11 is 15.7. The molecule has 4 aromatic carbocycles. The van der Waals surface area contributed by atoms with Crippen LogP contribution in [0.4, 0.5) is 40.6 Å². The van der Waals surface area contributed by atoms with Crippen molar-refractivity contribution < 1.29 is 51.3 Å². The van der Waals surface area contributed by atoms with Gasteiger partial charge in [-0.1, -0.05) is 98.6 Å². The SMILES string of the molecule is C=C(F)C(=O)Cl.C=C(F)C(=O)Cl.C=C(F)C(=O)O.S.S.S.S.[C-]#[N+]C[C@@H]1CCCN(c2nc(OC[C@@H]3CCCN3C)nc3c2CCN(c2cccc4ccccc24)C3)C1.[C-]#[N+]C[C@H]1CN(c2nc(OC[C@@H]3CCCN3C)nc3c2CCN(c2cccc4cccc(Cl)c24)C3)CCN1C(=O)C(=C)F. The lowest BCUT2D eigenvalue weighted by molar-refractivity contribution is -0.134. The number of aliphatic carboxylic acids is 1. The lowest BCUT2D eigenvalue weighted by Crippen LogP contribution is -2.57. The molecule has 0 unspecified atom stereocenters. The number of amides is 1. The Morgan fingerprint density at radius 2 is 1.02 bits per heavy atom.